The summed E-state index contributed by atoms with van der Waals surface area (Å²) in [4.78, 5) is 11.0. The van der Waals surface area contributed by atoms with Gasteiger partial charge in [0, 0.05) is 0 Å². The van der Waals surface area contributed by atoms with Crippen molar-refractivity contribution in [2.75, 3.05) is 0 Å². The first-order valence-corrected chi connectivity index (χ1v) is 11.4. The molecule has 0 amide bonds. The molecule has 0 saturated carbocycles. The van der Waals surface area contributed by atoms with Crippen LogP contribution in [0.2, 0.25) is 0 Å². The van der Waals surface area contributed by atoms with Crippen LogP contribution in [-0.4, -0.2) is 9.66 Å². The number of carbonyl (C=O) groups excluding carboxylic acids is 1. The summed E-state index contributed by atoms with van der Waals surface area (Å²) < 4.78 is 23.2. The molecule has 1 N–H and O–H groups in total. The van der Waals surface area contributed by atoms with E-state index in [0.29, 0.717) is 0 Å². The fourth-order valence-electron chi connectivity index (χ4n) is 2.74. The molecular formula is C18H36O4Ti. The zero-order valence-corrected chi connectivity index (χ0v) is 16.7. The van der Waals surface area contributed by atoms with Crippen molar-refractivity contribution < 1.29 is 33.7 Å². The molecule has 0 atom stereocenters. The summed E-state index contributed by atoms with van der Waals surface area (Å²) in [5.41, 5.74) is 0. The van der Waals surface area contributed by atoms with Crippen LogP contribution in [0, 0.1) is 5.92 Å². The molecule has 4 nitrogen and oxygen atoms in total. The van der Waals surface area contributed by atoms with E-state index in [4.69, 9.17) is 3.69 Å². The van der Waals surface area contributed by atoms with Crippen LogP contribution in [0.1, 0.15) is 104 Å². The van der Waals surface area contributed by atoms with Crippen molar-refractivity contribution in [3.8, 4) is 0 Å². The van der Waals surface area contributed by atoms with Crippen molar-refractivity contribution in [2.45, 2.75) is 104 Å². The summed E-state index contributed by atoms with van der Waals surface area (Å²) in [6.07, 6.45) is 16.7. The van der Waals surface area contributed by atoms with Gasteiger partial charge in [0.25, 0.3) is 0 Å². The monoisotopic (exact) mass is 364 g/mol. The molecule has 0 aliphatic rings. The Hall–Kier alpha value is -0.0557. The van der Waals surface area contributed by atoms with Gasteiger partial charge in [-0.1, -0.05) is 39.5 Å². The van der Waals surface area contributed by atoms with Crippen molar-refractivity contribution in [3.05, 3.63) is 0 Å². The van der Waals surface area contributed by atoms with E-state index in [1.807, 2.05) is 0 Å². The molecule has 0 radical (unpaired) electrons. The molecule has 0 unspecified atom stereocenters. The molecule has 0 saturated heterocycles. The van der Waals surface area contributed by atoms with Crippen LogP contribution in [0.4, 0.5) is 0 Å². The molecule has 5 heteroatoms. The van der Waals surface area contributed by atoms with Crippen molar-refractivity contribution in [2.24, 2.45) is 5.92 Å². The zero-order valence-electron chi connectivity index (χ0n) is 15.1. The van der Waals surface area contributed by atoms with E-state index in [1.54, 1.807) is 0 Å². The average Bonchev–Trinajstić information content (AvgIpc) is 2.46. The Morgan fingerprint density at radius 3 is 1.61 bits per heavy atom. The van der Waals surface area contributed by atoms with Crippen LogP contribution in [0.5, 0.6) is 0 Å². The van der Waals surface area contributed by atoms with E-state index in [0.717, 1.165) is 25.2 Å². The van der Waals surface area contributed by atoms with Crippen molar-refractivity contribution >= 4 is 5.97 Å². The molecule has 0 aliphatic heterocycles. The van der Waals surface area contributed by atoms with Gasteiger partial charge >= 0.3 is 104 Å². The van der Waals surface area contributed by atoms with Gasteiger partial charge in [-0.05, 0) is 5.92 Å². The van der Waals surface area contributed by atoms with Crippen molar-refractivity contribution in [3.63, 3.8) is 0 Å². The van der Waals surface area contributed by atoms with Gasteiger partial charge < -0.3 is 0 Å². The van der Waals surface area contributed by atoms with E-state index in [9.17, 15) is 8.12 Å². The van der Waals surface area contributed by atoms with Gasteiger partial charge in [0.1, 0.15) is 0 Å². The van der Waals surface area contributed by atoms with Crippen molar-refractivity contribution in [1.29, 1.82) is 0 Å². The van der Waals surface area contributed by atoms with E-state index in [1.165, 1.54) is 64.2 Å². The molecule has 0 bridgehead atoms. The Balaban J connectivity index is 3.11. The second-order valence-electron chi connectivity index (χ2n) is 6.92. The molecule has 0 heterocycles. The number of carbonyl (C=O) groups is 1. The van der Waals surface area contributed by atoms with Crippen LogP contribution in [0.3, 0.4) is 0 Å². The first-order chi connectivity index (χ1) is 11.0. The Labute approximate surface area is 149 Å². The summed E-state index contributed by atoms with van der Waals surface area (Å²) in [6.45, 7) is 4.59. The Kier molecular flexibility index (Phi) is 16.7. The van der Waals surface area contributed by atoms with Crippen molar-refractivity contribution in [1.82, 2.24) is 0 Å². The topological polar surface area (TPSA) is 63.6 Å². The van der Waals surface area contributed by atoms with Gasteiger partial charge in [0.15, 0.2) is 0 Å². The van der Waals surface area contributed by atoms with E-state index >= 15 is 0 Å². The maximum atomic E-state index is 11.0. The second kappa shape index (κ2) is 16.8. The summed E-state index contributed by atoms with van der Waals surface area (Å²) >= 11 is -3.66. The molecule has 0 aromatic rings. The van der Waals surface area contributed by atoms with Gasteiger partial charge in [0.2, 0.25) is 0 Å². The molecular weight excluding hydrogens is 328 g/mol. The van der Waals surface area contributed by atoms with Crippen LogP contribution >= 0.6 is 0 Å². The Morgan fingerprint density at radius 1 is 0.826 bits per heavy atom. The number of hydrogen-bond donors (Lipinski definition) is 1. The van der Waals surface area contributed by atoms with E-state index < -0.39 is 24.6 Å². The molecule has 0 spiro atoms. The Bertz CT molecular complexity index is 305. The standard InChI is InChI=1S/C18H36O2.H2O.O.Ti/c1-17(2)15-13-11-9-7-5-3-4-6-8-10-12-14-16-18(19)20;;;/h17H,3-16H2,1-2H3,(H,19,20);1H2;;/q;;;+2/p-2. The average molecular weight is 364 g/mol. The molecule has 0 aromatic heterocycles. The number of unbranched alkanes of at least 4 members (excludes halogenated alkanes) is 11. The predicted octanol–water partition coefficient (Wildman–Crippen LogP) is 5.43. The summed E-state index contributed by atoms with van der Waals surface area (Å²) in [6, 6.07) is 0. The fourth-order valence-corrected chi connectivity index (χ4v) is 3.20. The van der Waals surface area contributed by atoms with Gasteiger partial charge in [-0.15, -0.1) is 0 Å². The van der Waals surface area contributed by atoms with Crippen LogP contribution in [0.25, 0.3) is 0 Å². The normalized spacial score (nSPS) is 11.0. The van der Waals surface area contributed by atoms with Gasteiger partial charge in [-0.25, -0.2) is 0 Å². The first kappa shape index (κ1) is 22.9. The third-order valence-electron chi connectivity index (χ3n) is 4.11. The molecule has 23 heavy (non-hydrogen) atoms. The van der Waals surface area contributed by atoms with E-state index in [2.05, 4.69) is 17.2 Å². The summed E-state index contributed by atoms with van der Waals surface area (Å²) in [7, 11) is 0. The predicted molar refractivity (Wildman–Crippen MR) is 88.5 cm³/mol. The SMILES string of the molecule is CC(C)CCCCCCCCCCCCCCC(=O)[O][Ti](=[O])[OH]. The second-order valence-corrected chi connectivity index (χ2v) is 8.06. The first-order valence-electron chi connectivity index (χ1n) is 9.46. The molecule has 0 fully saturated rings. The quantitative estimate of drug-likeness (QED) is 0.293. The fraction of sp³-hybridized carbons (Fsp3) is 0.944. The number of rotatable bonds is 16. The van der Waals surface area contributed by atoms with Gasteiger partial charge in [-0.2, -0.15) is 0 Å². The molecule has 0 aliphatic carbocycles. The molecule has 0 aromatic carbocycles. The minimum atomic E-state index is -3.66. The third kappa shape index (κ3) is 19.9. The minimum absolute atomic E-state index is 0.274. The summed E-state index contributed by atoms with van der Waals surface area (Å²) in [5.74, 6) is 0.326. The maximum absolute atomic E-state index is 11.0. The van der Waals surface area contributed by atoms with E-state index in [-0.39, 0.29) is 6.42 Å². The number of hydrogen-bond acceptors (Lipinski definition) is 3. The molecule has 136 valence electrons. The van der Waals surface area contributed by atoms with Crippen LogP contribution in [-0.2, 0) is 30.1 Å². The molecule has 0 rings (SSSR count). The summed E-state index contributed by atoms with van der Waals surface area (Å²) in [5, 5.41) is 0. The van der Waals surface area contributed by atoms with Crippen LogP contribution in [0.15, 0.2) is 0 Å². The van der Waals surface area contributed by atoms with Crippen LogP contribution < -0.4 is 0 Å². The van der Waals surface area contributed by atoms with Gasteiger partial charge in [0.05, 0.1) is 0 Å². The Morgan fingerprint density at radius 2 is 1.22 bits per heavy atom. The third-order valence-corrected chi connectivity index (χ3v) is 4.74. The zero-order chi connectivity index (χ0) is 17.3. The van der Waals surface area contributed by atoms with Gasteiger partial charge in [-0.3, -0.25) is 0 Å².